The van der Waals surface area contributed by atoms with Gasteiger partial charge in [-0.25, -0.2) is 4.98 Å². The highest BCUT2D eigenvalue weighted by molar-refractivity contribution is 6.14. The van der Waals surface area contributed by atoms with Crippen molar-refractivity contribution in [2.24, 2.45) is 16.8 Å². The Labute approximate surface area is 165 Å². The van der Waals surface area contributed by atoms with Crippen molar-refractivity contribution in [3.05, 3.63) is 58.9 Å². The van der Waals surface area contributed by atoms with E-state index in [-0.39, 0.29) is 5.78 Å². The van der Waals surface area contributed by atoms with E-state index in [2.05, 4.69) is 21.9 Å². The molecular formula is C23H26FN3O. The molecule has 0 N–H and O–H groups in total. The lowest BCUT2D eigenvalue weighted by Gasteiger charge is -2.27. The van der Waals surface area contributed by atoms with Crippen LogP contribution in [0.1, 0.15) is 67.8 Å². The summed E-state index contributed by atoms with van der Waals surface area (Å²) < 4.78 is 13.4. The Kier molecular flexibility index (Phi) is 5.60. The topological polar surface area (TPSA) is 55.2 Å². The molecule has 5 heteroatoms. The van der Waals surface area contributed by atoms with Crippen LogP contribution in [0.15, 0.2) is 35.6 Å². The van der Waals surface area contributed by atoms with E-state index < -0.39 is 5.95 Å². The Morgan fingerprint density at radius 3 is 2.82 bits per heavy atom. The standard InChI is InChI=1S/C23H26FN3O/c1-15(16-5-3-2-4-6-16)9-20(28)12-19-10-18-13-27-23(21(18)14-26-19)17-7-8-25-22(24)11-17/h7-8,10-11,14-16H,2-6,9,12-13H2,1H3/t15-/m0/s1. The Balaban J connectivity index is 1.40. The maximum Gasteiger partial charge on any atom is 0.213 e. The number of hydrogen-bond acceptors (Lipinski definition) is 4. The third-order valence-corrected chi connectivity index (χ3v) is 6.09. The molecule has 0 amide bonds. The Hall–Kier alpha value is -2.43. The van der Waals surface area contributed by atoms with E-state index in [4.69, 9.17) is 0 Å². The van der Waals surface area contributed by atoms with Crippen LogP contribution in [0.4, 0.5) is 4.39 Å². The second-order valence-electron chi connectivity index (χ2n) is 8.16. The van der Waals surface area contributed by atoms with Crippen molar-refractivity contribution in [1.29, 1.82) is 0 Å². The van der Waals surface area contributed by atoms with Gasteiger partial charge in [0.25, 0.3) is 0 Å². The molecule has 2 aromatic heterocycles. The minimum atomic E-state index is -0.518. The van der Waals surface area contributed by atoms with E-state index in [1.165, 1.54) is 44.4 Å². The van der Waals surface area contributed by atoms with Gasteiger partial charge in [-0.2, -0.15) is 4.39 Å². The van der Waals surface area contributed by atoms with Crippen molar-refractivity contribution in [2.75, 3.05) is 0 Å². The van der Waals surface area contributed by atoms with Crippen LogP contribution in [0.5, 0.6) is 0 Å². The predicted octanol–water partition coefficient (Wildman–Crippen LogP) is 4.68. The zero-order valence-corrected chi connectivity index (χ0v) is 16.3. The quantitative estimate of drug-likeness (QED) is 0.685. The molecule has 1 atom stereocenters. The number of aliphatic imine (C=N–C) groups is 1. The molecule has 1 saturated carbocycles. The molecular weight excluding hydrogens is 353 g/mol. The summed E-state index contributed by atoms with van der Waals surface area (Å²) in [6.07, 6.45) is 10.7. The monoisotopic (exact) mass is 379 g/mol. The first-order chi connectivity index (χ1) is 13.6. The molecule has 28 heavy (non-hydrogen) atoms. The van der Waals surface area contributed by atoms with Crippen LogP contribution >= 0.6 is 0 Å². The van der Waals surface area contributed by atoms with Gasteiger partial charge in [-0.05, 0) is 29.5 Å². The predicted molar refractivity (Wildman–Crippen MR) is 107 cm³/mol. The lowest BCUT2D eigenvalue weighted by molar-refractivity contribution is -0.119. The lowest BCUT2D eigenvalue weighted by Crippen LogP contribution is -2.19. The summed E-state index contributed by atoms with van der Waals surface area (Å²) in [5.74, 6) is 0.901. The summed E-state index contributed by atoms with van der Waals surface area (Å²) >= 11 is 0. The van der Waals surface area contributed by atoms with Gasteiger partial charge in [0.1, 0.15) is 5.78 Å². The second-order valence-corrected chi connectivity index (χ2v) is 8.16. The number of halogens is 1. The van der Waals surface area contributed by atoms with Crippen LogP contribution in [0.3, 0.4) is 0 Å². The Bertz CT molecular complexity index is 902. The Morgan fingerprint density at radius 2 is 2.04 bits per heavy atom. The van der Waals surface area contributed by atoms with Crippen LogP contribution in [0.25, 0.3) is 0 Å². The van der Waals surface area contributed by atoms with Crippen molar-refractivity contribution in [1.82, 2.24) is 9.97 Å². The molecule has 4 nitrogen and oxygen atoms in total. The van der Waals surface area contributed by atoms with Crippen molar-refractivity contribution in [3.8, 4) is 0 Å². The van der Waals surface area contributed by atoms with Crippen molar-refractivity contribution < 1.29 is 9.18 Å². The maximum atomic E-state index is 13.4. The van der Waals surface area contributed by atoms with E-state index >= 15 is 0 Å². The number of carbonyl (C=O) groups excluding carboxylic acids is 1. The molecule has 1 aliphatic heterocycles. The summed E-state index contributed by atoms with van der Waals surface area (Å²) in [5.41, 5.74) is 4.21. The van der Waals surface area contributed by atoms with Crippen LogP contribution < -0.4 is 0 Å². The third-order valence-electron chi connectivity index (χ3n) is 6.09. The van der Waals surface area contributed by atoms with Gasteiger partial charge in [0.15, 0.2) is 0 Å². The summed E-state index contributed by atoms with van der Waals surface area (Å²) in [6, 6.07) is 5.12. The Morgan fingerprint density at radius 1 is 1.21 bits per heavy atom. The third kappa shape index (κ3) is 4.18. The first-order valence-electron chi connectivity index (χ1n) is 10.3. The zero-order chi connectivity index (χ0) is 19.5. The van der Waals surface area contributed by atoms with Crippen LogP contribution in [-0.2, 0) is 17.8 Å². The summed E-state index contributed by atoms with van der Waals surface area (Å²) in [6.45, 7) is 2.76. The number of rotatable bonds is 6. The highest BCUT2D eigenvalue weighted by atomic mass is 19.1. The summed E-state index contributed by atoms with van der Waals surface area (Å²) in [4.78, 5) is 25.2. The highest BCUT2D eigenvalue weighted by Crippen LogP contribution is 2.32. The molecule has 0 spiro atoms. The number of hydrogen-bond donors (Lipinski definition) is 0. The van der Waals surface area contributed by atoms with E-state index in [9.17, 15) is 9.18 Å². The van der Waals surface area contributed by atoms with Gasteiger partial charge in [-0.3, -0.25) is 14.8 Å². The molecule has 0 saturated heterocycles. The van der Waals surface area contributed by atoms with E-state index in [1.54, 1.807) is 12.3 Å². The summed E-state index contributed by atoms with van der Waals surface area (Å²) in [7, 11) is 0. The van der Waals surface area contributed by atoms with Gasteiger partial charge in [0.2, 0.25) is 5.95 Å². The highest BCUT2D eigenvalue weighted by Gasteiger charge is 2.23. The van der Waals surface area contributed by atoms with Gasteiger partial charge >= 0.3 is 0 Å². The summed E-state index contributed by atoms with van der Waals surface area (Å²) in [5, 5.41) is 0. The normalized spacial score (nSPS) is 17.9. The maximum absolute atomic E-state index is 13.4. The minimum absolute atomic E-state index is 0.265. The van der Waals surface area contributed by atoms with Crippen LogP contribution in [0, 0.1) is 17.8 Å². The van der Waals surface area contributed by atoms with Crippen molar-refractivity contribution in [3.63, 3.8) is 0 Å². The fourth-order valence-corrected chi connectivity index (χ4v) is 4.54. The molecule has 0 radical (unpaired) electrons. The molecule has 3 heterocycles. The van der Waals surface area contributed by atoms with Gasteiger partial charge < -0.3 is 0 Å². The minimum Gasteiger partial charge on any atom is -0.299 e. The fourth-order valence-electron chi connectivity index (χ4n) is 4.54. The fraction of sp³-hybridized carbons (Fsp3) is 0.478. The first-order valence-corrected chi connectivity index (χ1v) is 10.3. The van der Waals surface area contributed by atoms with Crippen LogP contribution in [0.2, 0.25) is 0 Å². The van der Waals surface area contributed by atoms with E-state index in [1.807, 2.05) is 6.07 Å². The molecule has 0 unspecified atom stereocenters. The zero-order valence-electron chi connectivity index (χ0n) is 16.3. The second kappa shape index (κ2) is 8.29. The van der Waals surface area contributed by atoms with Gasteiger partial charge in [-0.1, -0.05) is 39.0 Å². The van der Waals surface area contributed by atoms with E-state index in [0.29, 0.717) is 36.8 Å². The van der Waals surface area contributed by atoms with Gasteiger partial charge in [0.05, 0.1) is 12.3 Å². The van der Waals surface area contributed by atoms with Gasteiger partial charge in [0, 0.05) is 48.1 Å². The molecule has 1 aliphatic carbocycles. The van der Waals surface area contributed by atoms with Gasteiger partial charge in [-0.15, -0.1) is 0 Å². The lowest BCUT2D eigenvalue weighted by atomic mass is 9.78. The number of aromatic nitrogens is 2. The largest absolute Gasteiger partial charge is 0.299 e. The molecule has 0 aromatic carbocycles. The van der Waals surface area contributed by atoms with E-state index in [0.717, 1.165) is 22.5 Å². The number of ketones is 1. The smallest absolute Gasteiger partial charge is 0.213 e. The number of fused-ring (bicyclic) bond motifs is 1. The average Bonchev–Trinajstić information content (AvgIpc) is 3.12. The number of nitrogens with zero attached hydrogens (tertiary/aromatic N) is 3. The molecule has 146 valence electrons. The average molecular weight is 379 g/mol. The number of pyridine rings is 2. The molecule has 2 aromatic rings. The number of Topliss-reactive ketones (excluding diaryl/α,β-unsaturated/α-hetero) is 1. The SMILES string of the molecule is C[C@@H](CC(=O)Cc1cc2c(cn1)C(c1ccnc(F)c1)=NC2)C1CCCCC1. The number of carbonyl (C=O) groups is 1. The molecule has 0 bridgehead atoms. The molecule has 2 aliphatic rings. The molecule has 4 rings (SSSR count). The van der Waals surface area contributed by atoms with Crippen molar-refractivity contribution >= 4 is 11.5 Å². The van der Waals surface area contributed by atoms with Crippen molar-refractivity contribution in [2.45, 2.75) is 58.4 Å². The molecule has 1 fully saturated rings. The van der Waals surface area contributed by atoms with Crippen LogP contribution in [-0.4, -0.2) is 21.5 Å². The first kappa shape index (κ1) is 18.9.